The summed E-state index contributed by atoms with van der Waals surface area (Å²) in [6.45, 7) is 0. The predicted molar refractivity (Wildman–Crippen MR) is 103 cm³/mol. The van der Waals surface area contributed by atoms with Crippen LogP contribution in [0, 0.1) is 0 Å². The van der Waals surface area contributed by atoms with Crippen molar-refractivity contribution in [1.82, 2.24) is 0 Å². The van der Waals surface area contributed by atoms with Crippen molar-refractivity contribution in [3.05, 3.63) is 60.8 Å². The maximum absolute atomic E-state index is 13.6. The lowest BCUT2D eigenvalue weighted by atomic mass is 10.0. The smallest absolute Gasteiger partial charge is 0.417 e. The normalized spacial score (nSPS) is 14.1. The maximum atomic E-state index is 13.6. The van der Waals surface area contributed by atoms with Crippen LogP contribution in [0.15, 0.2) is 24.3 Å². The van der Waals surface area contributed by atoms with Gasteiger partial charge in [0.15, 0.2) is 5.78 Å². The molecular formula is C19H13Cl2F3O3S. The van der Waals surface area contributed by atoms with Crippen LogP contribution in [0.25, 0.3) is 5.57 Å². The zero-order chi connectivity index (χ0) is 20.6. The number of benzene rings is 1. The molecule has 3 rings (SSSR count). The summed E-state index contributed by atoms with van der Waals surface area (Å²) in [6, 6.07) is 3.49. The van der Waals surface area contributed by atoms with Crippen LogP contribution in [0.2, 0.25) is 10.0 Å². The third-order valence-electron chi connectivity index (χ3n) is 4.32. The Morgan fingerprint density at radius 2 is 1.64 bits per heavy atom. The highest BCUT2D eigenvalue weighted by Gasteiger charge is 2.37. The van der Waals surface area contributed by atoms with E-state index in [2.05, 4.69) is 0 Å². The van der Waals surface area contributed by atoms with Gasteiger partial charge < -0.3 is 4.74 Å². The summed E-state index contributed by atoms with van der Waals surface area (Å²) in [7, 11) is 1.22. The number of alkyl halides is 3. The van der Waals surface area contributed by atoms with E-state index in [1.807, 2.05) is 0 Å². The number of fused-ring (bicyclic) bond motifs is 1. The molecule has 0 saturated heterocycles. The molecule has 0 spiro atoms. The molecule has 1 heterocycles. The van der Waals surface area contributed by atoms with Crippen LogP contribution in [0.1, 0.15) is 42.5 Å². The lowest BCUT2D eigenvalue weighted by molar-refractivity contribution is -0.0689. The van der Waals surface area contributed by atoms with Crippen molar-refractivity contribution in [2.75, 3.05) is 7.11 Å². The molecule has 1 aromatic carbocycles. The first-order valence-corrected chi connectivity index (χ1v) is 9.71. The SMILES string of the molecule is COC(=O)c1sc(C(=O)C=C(c2cc(Cl)cc(Cl)c2)C(F)(F)F)c2c1CCC2. The van der Waals surface area contributed by atoms with Crippen molar-refractivity contribution < 1.29 is 27.5 Å². The number of halogens is 5. The Bertz CT molecular complexity index is 973. The fourth-order valence-electron chi connectivity index (χ4n) is 3.16. The molecule has 0 radical (unpaired) electrons. The molecule has 28 heavy (non-hydrogen) atoms. The largest absolute Gasteiger partial charge is 0.465 e. The van der Waals surface area contributed by atoms with Crippen LogP contribution in [0.3, 0.4) is 0 Å². The summed E-state index contributed by atoms with van der Waals surface area (Å²) in [5.41, 5.74) is -0.147. The first kappa shape index (κ1) is 20.9. The Balaban J connectivity index is 2.10. The predicted octanol–water partition coefficient (Wildman–Crippen LogP) is 6.16. The van der Waals surface area contributed by atoms with Crippen molar-refractivity contribution in [3.8, 4) is 0 Å². The van der Waals surface area contributed by atoms with Gasteiger partial charge in [-0.15, -0.1) is 11.3 Å². The van der Waals surface area contributed by atoms with E-state index < -0.39 is 23.5 Å². The van der Waals surface area contributed by atoms with Crippen molar-refractivity contribution in [2.45, 2.75) is 25.4 Å². The van der Waals surface area contributed by atoms with Gasteiger partial charge in [0.25, 0.3) is 0 Å². The second kappa shape index (κ2) is 7.89. The zero-order valence-corrected chi connectivity index (χ0v) is 16.8. The molecule has 9 heteroatoms. The second-order valence-corrected chi connectivity index (χ2v) is 8.03. The monoisotopic (exact) mass is 448 g/mol. The van der Waals surface area contributed by atoms with Gasteiger partial charge in [0.2, 0.25) is 0 Å². The molecule has 3 nitrogen and oxygen atoms in total. The molecular weight excluding hydrogens is 436 g/mol. The van der Waals surface area contributed by atoms with Gasteiger partial charge in [-0.1, -0.05) is 23.2 Å². The molecule has 1 aliphatic carbocycles. The first-order valence-electron chi connectivity index (χ1n) is 8.14. The Morgan fingerprint density at radius 3 is 2.18 bits per heavy atom. The molecule has 2 aromatic rings. The molecule has 0 unspecified atom stereocenters. The van der Waals surface area contributed by atoms with E-state index in [1.165, 1.54) is 13.2 Å². The number of ether oxygens (including phenoxy) is 1. The van der Waals surface area contributed by atoms with E-state index in [-0.39, 0.29) is 25.4 Å². The summed E-state index contributed by atoms with van der Waals surface area (Å²) in [4.78, 5) is 25.1. The second-order valence-electron chi connectivity index (χ2n) is 6.14. The maximum Gasteiger partial charge on any atom is 0.417 e. The van der Waals surface area contributed by atoms with Crippen molar-refractivity contribution >= 4 is 51.9 Å². The topological polar surface area (TPSA) is 43.4 Å². The van der Waals surface area contributed by atoms with Gasteiger partial charge in [-0.25, -0.2) is 4.79 Å². The molecule has 1 aliphatic rings. The molecule has 1 aromatic heterocycles. The number of allylic oxidation sites excluding steroid dienone is 2. The minimum Gasteiger partial charge on any atom is -0.465 e. The number of ketones is 1. The molecule has 0 saturated carbocycles. The number of carbonyl (C=O) groups excluding carboxylic acids is 2. The van der Waals surface area contributed by atoms with Gasteiger partial charge in [0, 0.05) is 10.0 Å². The first-order chi connectivity index (χ1) is 13.1. The highest BCUT2D eigenvalue weighted by Crippen LogP contribution is 2.39. The highest BCUT2D eigenvalue weighted by molar-refractivity contribution is 7.16. The molecule has 148 valence electrons. The van der Waals surface area contributed by atoms with Crippen LogP contribution in [-0.2, 0) is 17.6 Å². The van der Waals surface area contributed by atoms with Crippen molar-refractivity contribution in [1.29, 1.82) is 0 Å². The summed E-state index contributed by atoms with van der Waals surface area (Å²) < 4.78 is 45.6. The quantitative estimate of drug-likeness (QED) is 0.319. The van der Waals surface area contributed by atoms with Gasteiger partial charge in [-0.3, -0.25) is 4.79 Å². The molecule has 0 amide bonds. The molecule has 0 atom stereocenters. The fourth-order valence-corrected chi connectivity index (χ4v) is 4.91. The summed E-state index contributed by atoms with van der Waals surface area (Å²) in [5.74, 6) is -1.41. The van der Waals surface area contributed by atoms with Gasteiger partial charge in [-0.05, 0) is 60.2 Å². The third-order valence-corrected chi connectivity index (χ3v) is 6.02. The number of methoxy groups -OCH3 is 1. The third kappa shape index (κ3) is 4.11. The van der Waals surface area contributed by atoms with Gasteiger partial charge in [-0.2, -0.15) is 13.2 Å². The van der Waals surface area contributed by atoms with Crippen molar-refractivity contribution in [2.24, 2.45) is 0 Å². The van der Waals surface area contributed by atoms with E-state index in [0.29, 0.717) is 30.0 Å². The van der Waals surface area contributed by atoms with Gasteiger partial charge >= 0.3 is 12.1 Å². The highest BCUT2D eigenvalue weighted by atomic mass is 35.5. The van der Waals surface area contributed by atoms with E-state index >= 15 is 0 Å². The van der Waals surface area contributed by atoms with Crippen molar-refractivity contribution in [3.63, 3.8) is 0 Å². The number of thiophene rings is 1. The average molecular weight is 449 g/mol. The Labute approximate surface area is 172 Å². The Kier molecular flexibility index (Phi) is 5.89. The van der Waals surface area contributed by atoms with E-state index in [1.54, 1.807) is 0 Å². The van der Waals surface area contributed by atoms with Crippen LogP contribution < -0.4 is 0 Å². The summed E-state index contributed by atoms with van der Waals surface area (Å²) in [6.07, 6.45) is -2.42. The number of esters is 1. The fraction of sp³-hybridized carbons (Fsp3) is 0.263. The van der Waals surface area contributed by atoms with Crippen LogP contribution in [-0.4, -0.2) is 25.0 Å². The summed E-state index contributed by atoms with van der Waals surface area (Å²) in [5, 5.41) is 0.0465. The van der Waals surface area contributed by atoms with Crippen LogP contribution in [0.4, 0.5) is 13.2 Å². The average Bonchev–Trinajstić information content (AvgIpc) is 3.19. The number of rotatable bonds is 4. The standard InChI is InChI=1S/C19H13Cl2F3O3S/c1-27-18(26)17-13-4-2-3-12(13)16(28-17)15(25)8-14(19(22,23)24)9-5-10(20)7-11(21)6-9/h5-8H,2-4H2,1H3. The molecule has 0 fully saturated rings. The Morgan fingerprint density at radius 1 is 1.07 bits per heavy atom. The molecule has 0 bridgehead atoms. The number of hydrogen-bond acceptors (Lipinski definition) is 4. The van der Waals surface area contributed by atoms with E-state index in [4.69, 9.17) is 27.9 Å². The zero-order valence-electron chi connectivity index (χ0n) is 14.5. The van der Waals surface area contributed by atoms with E-state index in [0.717, 1.165) is 29.9 Å². The molecule has 0 N–H and O–H groups in total. The molecule has 0 aliphatic heterocycles. The van der Waals surface area contributed by atoms with E-state index in [9.17, 15) is 22.8 Å². The van der Waals surface area contributed by atoms with Crippen LogP contribution in [0.5, 0.6) is 0 Å². The number of carbonyl (C=O) groups is 2. The van der Waals surface area contributed by atoms with Gasteiger partial charge in [0.1, 0.15) is 4.88 Å². The minimum atomic E-state index is -4.80. The minimum absolute atomic E-state index is 0.0232. The summed E-state index contributed by atoms with van der Waals surface area (Å²) >= 11 is 12.5. The number of hydrogen-bond donors (Lipinski definition) is 0. The van der Waals surface area contributed by atoms with Gasteiger partial charge in [0.05, 0.1) is 17.6 Å². The van der Waals surface area contributed by atoms with Crippen LogP contribution >= 0.6 is 34.5 Å². The lowest BCUT2D eigenvalue weighted by Crippen LogP contribution is -2.13. The Hall–Kier alpha value is -1.83. The lowest BCUT2D eigenvalue weighted by Gasteiger charge is -2.13.